The van der Waals surface area contributed by atoms with Gasteiger partial charge in [-0.2, -0.15) is 0 Å². The number of carbonyl (C=O) groups excluding carboxylic acids is 1. The zero-order chi connectivity index (χ0) is 24.2. The predicted octanol–water partition coefficient (Wildman–Crippen LogP) is 3.53. The van der Waals surface area contributed by atoms with Crippen molar-refractivity contribution >= 4 is 5.91 Å². The average Bonchev–Trinajstić information content (AvgIpc) is 3.30. The maximum absolute atomic E-state index is 11.8. The monoisotopic (exact) mass is 461 g/mol. The standard InChI is InChI=1S/C19H19N3O5.C7H8/c23-9-8-20-19(25)14-6-7-17(21-10-14)26-12-15-16(11-24)27-22-18(15)13-4-2-1-3-5-13;1-7-5-3-2-4-6-7/h1-7,10,23-24H,8-9,11-12H2,(H,20,25);2-6H,1H3. The lowest BCUT2D eigenvalue weighted by atomic mass is 10.1. The van der Waals surface area contributed by atoms with E-state index < -0.39 is 0 Å². The number of ether oxygens (including phenoxy) is 1. The predicted molar refractivity (Wildman–Crippen MR) is 127 cm³/mol. The Kier molecular flexibility index (Phi) is 9.33. The van der Waals surface area contributed by atoms with Crippen LogP contribution in [-0.2, 0) is 13.2 Å². The van der Waals surface area contributed by atoms with Crippen molar-refractivity contribution in [3.05, 3.63) is 101 Å². The van der Waals surface area contributed by atoms with Crippen LogP contribution < -0.4 is 10.1 Å². The number of aliphatic hydroxyl groups excluding tert-OH is 2. The Bertz CT molecular complexity index is 1150. The first-order valence-electron chi connectivity index (χ1n) is 10.8. The Labute approximate surface area is 197 Å². The molecule has 0 bridgehead atoms. The fraction of sp³-hybridized carbons (Fsp3) is 0.192. The van der Waals surface area contributed by atoms with Gasteiger partial charge in [0.15, 0.2) is 5.76 Å². The average molecular weight is 462 g/mol. The molecule has 0 spiro atoms. The second-order valence-electron chi connectivity index (χ2n) is 7.27. The summed E-state index contributed by atoms with van der Waals surface area (Å²) in [4.78, 5) is 15.9. The Morgan fingerprint density at radius 2 is 1.71 bits per heavy atom. The van der Waals surface area contributed by atoms with Gasteiger partial charge in [-0.3, -0.25) is 4.79 Å². The van der Waals surface area contributed by atoms with Gasteiger partial charge in [-0.05, 0) is 13.0 Å². The molecule has 8 heteroatoms. The third-order valence-corrected chi connectivity index (χ3v) is 4.76. The van der Waals surface area contributed by atoms with Gasteiger partial charge >= 0.3 is 0 Å². The van der Waals surface area contributed by atoms with Crippen LogP contribution in [0.1, 0.15) is 27.2 Å². The third kappa shape index (κ3) is 6.99. The lowest BCUT2D eigenvalue weighted by Crippen LogP contribution is -2.26. The van der Waals surface area contributed by atoms with Crippen LogP contribution in [-0.4, -0.2) is 39.4 Å². The van der Waals surface area contributed by atoms with E-state index in [1.54, 1.807) is 12.1 Å². The number of rotatable bonds is 8. The van der Waals surface area contributed by atoms with Gasteiger partial charge in [0.1, 0.15) is 18.9 Å². The molecule has 2 aromatic carbocycles. The van der Waals surface area contributed by atoms with Gasteiger partial charge < -0.3 is 24.8 Å². The van der Waals surface area contributed by atoms with E-state index in [1.807, 2.05) is 48.5 Å². The first-order valence-corrected chi connectivity index (χ1v) is 10.8. The van der Waals surface area contributed by atoms with Crippen LogP contribution in [0.5, 0.6) is 5.88 Å². The molecule has 8 nitrogen and oxygen atoms in total. The molecule has 2 heterocycles. The summed E-state index contributed by atoms with van der Waals surface area (Å²) in [7, 11) is 0. The largest absolute Gasteiger partial charge is 0.473 e. The molecule has 4 rings (SSSR count). The summed E-state index contributed by atoms with van der Waals surface area (Å²) in [5.41, 5.74) is 3.77. The van der Waals surface area contributed by atoms with Crippen LogP contribution >= 0.6 is 0 Å². The van der Waals surface area contributed by atoms with Crippen LogP contribution in [0.25, 0.3) is 11.3 Å². The number of benzene rings is 2. The molecule has 176 valence electrons. The molecular formula is C26H27N3O5. The Hall–Kier alpha value is -4.01. The van der Waals surface area contributed by atoms with E-state index in [0.29, 0.717) is 28.5 Å². The highest BCUT2D eigenvalue weighted by Gasteiger charge is 2.18. The number of amides is 1. The number of aromatic nitrogens is 2. The van der Waals surface area contributed by atoms with Crippen LogP contribution in [0.4, 0.5) is 0 Å². The fourth-order valence-electron chi connectivity index (χ4n) is 2.99. The minimum absolute atomic E-state index is 0.104. The topological polar surface area (TPSA) is 118 Å². The van der Waals surface area contributed by atoms with Gasteiger partial charge in [0.2, 0.25) is 5.88 Å². The Morgan fingerprint density at radius 3 is 2.26 bits per heavy atom. The molecule has 0 radical (unpaired) electrons. The number of nitrogens with zero attached hydrogens (tertiary/aromatic N) is 2. The summed E-state index contributed by atoms with van der Waals surface area (Å²) in [6.07, 6.45) is 1.39. The van der Waals surface area contributed by atoms with Crippen LogP contribution in [0.3, 0.4) is 0 Å². The first kappa shape index (κ1) is 24.6. The molecule has 0 saturated carbocycles. The highest BCUT2D eigenvalue weighted by molar-refractivity contribution is 5.93. The normalized spacial score (nSPS) is 10.2. The van der Waals surface area contributed by atoms with Gasteiger partial charge in [-0.1, -0.05) is 71.4 Å². The molecule has 3 N–H and O–H groups in total. The smallest absolute Gasteiger partial charge is 0.252 e. The number of hydrogen-bond acceptors (Lipinski definition) is 7. The van der Waals surface area contributed by atoms with Crippen molar-refractivity contribution in [1.82, 2.24) is 15.5 Å². The summed E-state index contributed by atoms with van der Waals surface area (Å²) in [6, 6.07) is 22.9. The van der Waals surface area contributed by atoms with Crippen molar-refractivity contribution in [2.45, 2.75) is 20.1 Å². The third-order valence-electron chi connectivity index (χ3n) is 4.76. The number of pyridine rings is 1. The van der Waals surface area contributed by atoms with Gasteiger partial charge in [-0.25, -0.2) is 4.98 Å². The van der Waals surface area contributed by atoms with Crippen molar-refractivity contribution in [1.29, 1.82) is 0 Å². The minimum atomic E-state index is -0.323. The molecule has 1 amide bonds. The Balaban J connectivity index is 0.000000396. The van der Waals surface area contributed by atoms with E-state index in [9.17, 15) is 9.90 Å². The lowest BCUT2D eigenvalue weighted by molar-refractivity contribution is 0.0944. The number of nitrogens with one attached hydrogen (secondary N) is 1. The van der Waals surface area contributed by atoms with Gasteiger partial charge in [-0.15, -0.1) is 0 Å². The van der Waals surface area contributed by atoms with Crippen LogP contribution in [0, 0.1) is 6.92 Å². The zero-order valence-corrected chi connectivity index (χ0v) is 18.8. The fourth-order valence-corrected chi connectivity index (χ4v) is 2.99. The van der Waals surface area contributed by atoms with E-state index in [0.717, 1.165) is 5.56 Å². The summed E-state index contributed by atoms with van der Waals surface area (Å²) in [6.45, 7) is 1.94. The number of aryl methyl sites for hydroxylation is 1. The highest BCUT2D eigenvalue weighted by Crippen LogP contribution is 2.26. The van der Waals surface area contributed by atoms with E-state index in [2.05, 4.69) is 34.5 Å². The summed E-state index contributed by atoms with van der Waals surface area (Å²) in [5.74, 6) is 0.322. The molecule has 4 aromatic rings. The van der Waals surface area contributed by atoms with E-state index in [4.69, 9.17) is 14.4 Å². The van der Waals surface area contributed by atoms with Gasteiger partial charge in [0.05, 0.1) is 17.7 Å². The van der Waals surface area contributed by atoms with Crippen molar-refractivity contribution in [3.63, 3.8) is 0 Å². The molecule has 34 heavy (non-hydrogen) atoms. The summed E-state index contributed by atoms with van der Waals surface area (Å²) in [5, 5.41) is 24.8. The molecule has 0 aliphatic heterocycles. The maximum Gasteiger partial charge on any atom is 0.252 e. The number of hydrogen-bond donors (Lipinski definition) is 3. The minimum Gasteiger partial charge on any atom is -0.473 e. The van der Waals surface area contributed by atoms with Crippen molar-refractivity contribution < 1.29 is 24.3 Å². The molecule has 0 unspecified atom stereocenters. The van der Waals surface area contributed by atoms with Crippen molar-refractivity contribution in [3.8, 4) is 17.1 Å². The quantitative estimate of drug-likeness (QED) is 0.367. The molecule has 0 fully saturated rings. The molecule has 0 atom stereocenters. The SMILES string of the molecule is Cc1ccccc1.O=C(NCCO)c1ccc(OCc2c(-c3ccccc3)noc2CO)nc1. The van der Waals surface area contributed by atoms with E-state index >= 15 is 0 Å². The zero-order valence-electron chi connectivity index (χ0n) is 18.8. The van der Waals surface area contributed by atoms with Crippen LogP contribution in [0.15, 0.2) is 83.5 Å². The second-order valence-corrected chi connectivity index (χ2v) is 7.27. The molecule has 0 saturated heterocycles. The molecule has 0 aliphatic carbocycles. The maximum atomic E-state index is 11.8. The molecular weight excluding hydrogens is 434 g/mol. The molecule has 0 aliphatic rings. The second kappa shape index (κ2) is 12.9. The lowest BCUT2D eigenvalue weighted by Gasteiger charge is -2.07. The Morgan fingerprint density at radius 1 is 1.00 bits per heavy atom. The highest BCUT2D eigenvalue weighted by atomic mass is 16.5. The summed E-state index contributed by atoms with van der Waals surface area (Å²) >= 11 is 0. The van der Waals surface area contributed by atoms with Crippen molar-refractivity contribution in [2.75, 3.05) is 13.2 Å². The van der Waals surface area contributed by atoms with E-state index in [1.165, 1.54) is 11.8 Å². The molecule has 2 aromatic heterocycles. The van der Waals surface area contributed by atoms with Gasteiger partial charge in [0.25, 0.3) is 5.91 Å². The number of carbonyl (C=O) groups is 1. The first-order chi connectivity index (χ1) is 16.6. The van der Waals surface area contributed by atoms with Crippen LogP contribution in [0.2, 0.25) is 0 Å². The van der Waals surface area contributed by atoms with Crippen molar-refractivity contribution in [2.24, 2.45) is 0 Å². The number of aliphatic hydroxyl groups is 2. The van der Waals surface area contributed by atoms with E-state index in [-0.39, 0.29) is 32.3 Å². The van der Waals surface area contributed by atoms with Gasteiger partial charge in [0, 0.05) is 24.4 Å². The summed E-state index contributed by atoms with van der Waals surface area (Å²) < 4.78 is 10.9.